The summed E-state index contributed by atoms with van der Waals surface area (Å²) in [6.07, 6.45) is 3.33. The molecule has 0 unspecified atom stereocenters. The molecule has 8 nitrogen and oxygen atoms in total. The van der Waals surface area contributed by atoms with Crippen molar-refractivity contribution in [1.82, 2.24) is 9.47 Å². The third-order valence-electron chi connectivity index (χ3n) is 6.06. The van der Waals surface area contributed by atoms with E-state index in [1.807, 2.05) is 43.3 Å². The van der Waals surface area contributed by atoms with Crippen LogP contribution in [-0.4, -0.2) is 39.0 Å². The number of halogens is 1. The van der Waals surface area contributed by atoms with Gasteiger partial charge in [0.2, 0.25) is 11.8 Å². The van der Waals surface area contributed by atoms with Gasteiger partial charge in [0, 0.05) is 34.0 Å². The van der Waals surface area contributed by atoms with Gasteiger partial charge in [-0.1, -0.05) is 35.9 Å². The molecular weight excluding hydrogens is 519 g/mol. The normalized spacial score (nSPS) is 14.3. The molecule has 3 aromatic carbocycles. The molecule has 4 amide bonds. The van der Waals surface area contributed by atoms with Crippen molar-refractivity contribution >= 4 is 63.1 Å². The monoisotopic (exact) mass is 542 g/mol. The first-order valence-electron chi connectivity index (χ1n) is 12.0. The standard InChI is InChI=1S/C29H23FN4O4S/c1-18-6-10-21(11-7-18)32-27(36)17-34-28(37)25(39-29(34)38)14-19-15-33(24-5-3-2-4-23(19)24)16-26(35)31-22-12-8-20(30)9-13-22/h2-15H,16-17H2,1H3,(H,31,35)(H,32,36). The molecule has 39 heavy (non-hydrogen) atoms. The maximum absolute atomic E-state index is 13.2. The number of benzene rings is 3. The van der Waals surface area contributed by atoms with E-state index in [0.717, 1.165) is 33.1 Å². The van der Waals surface area contributed by atoms with Crippen LogP contribution in [0.1, 0.15) is 11.1 Å². The Kier molecular flexibility index (Phi) is 7.29. The lowest BCUT2D eigenvalue weighted by atomic mass is 10.1. The van der Waals surface area contributed by atoms with Crippen LogP contribution < -0.4 is 10.6 Å². The molecule has 1 aliphatic heterocycles. The number of aromatic nitrogens is 1. The van der Waals surface area contributed by atoms with Crippen LogP contribution in [0.15, 0.2) is 83.9 Å². The van der Waals surface area contributed by atoms with Crippen molar-refractivity contribution in [1.29, 1.82) is 0 Å². The highest BCUT2D eigenvalue weighted by Crippen LogP contribution is 2.34. The first-order valence-corrected chi connectivity index (χ1v) is 12.8. The lowest BCUT2D eigenvalue weighted by Crippen LogP contribution is -2.36. The number of para-hydroxylation sites is 1. The molecule has 0 radical (unpaired) electrons. The minimum Gasteiger partial charge on any atom is -0.337 e. The van der Waals surface area contributed by atoms with Gasteiger partial charge in [-0.25, -0.2) is 4.39 Å². The number of thioether (sulfide) groups is 1. The van der Waals surface area contributed by atoms with E-state index in [1.54, 1.807) is 29.0 Å². The average molecular weight is 543 g/mol. The second kappa shape index (κ2) is 11.0. The number of carbonyl (C=O) groups excluding carboxylic acids is 4. The predicted octanol–water partition coefficient (Wildman–Crippen LogP) is 5.40. The Morgan fingerprint density at radius 2 is 1.49 bits per heavy atom. The summed E-state index contributed by atoms with van der Waals surface area (Å²) in [4.78, 5) is 51.9. The third kappa shape index (κ3) is 5.91. The summed E-state index contributed by atoms with van der Waals surface area (Å²) in [6, 6.07) is 20.0. The fourth-order valence-electron chi connectivity index (χ4n) is 4.17. The lowest BCUT2D eigenvalue weighted by molar-refractivity contribution is -0.127. The number of amides is 4. The topological polar surface area (TPSA) is 101 Å². The van der Waals surface area contributed by atoms with Gasteiger partial charge >= 0.3 is 0 Å². The van der Waals surface area contributed by atoms with E-state index < -0.39 is 29.4 Å². The first kappa shape index (κ1) is 25.9. The van der Waals surface area contributed by atoms with Crippen molar-refractivity contribution in [2.45, 2.75) is 13.5 Å². The summed E-state index contributed by atoms with van der Waals surface area (Å²) in [5.74, 6) is -1.75. The zero-order chi connectivity index (χ0) is 27.5. The molecule has 1 fully saturated rings. The summed E-state index contributed by atoms with van der Waals surface area (Å²) in [7, 11) is 0. The van der Waals surface area contributed by atoms with E-state index in [1.165, 1.54) is 24.3 Å². The van der Waals surface area contributed by atoms with Crippen LogP contribution in [0.2, 0.25) is 0 Å². The molecule has 0 bridgehead atoms. The van der Waals surface area contributed by atoms with Gasteiger partial charge in [-0.3, -0.25) is 24.1 Å². The van der Waals surface area contributed by atoms with E-state index >= 15 is 0 Å². The van der Waals surface area contributed by atoms with Crippen LogP contribution in [0.5, 0.6) is 0 Å². The zero-order valence-corrected chi connectivity index (χ0v) is 21.6. The van der Waals surface area contributed by atoms with E-state index in [2.05, 4.69) is 10.6 Å². The number of nitrogens with zero attached hydrogens (tertiary/aromatic N) is 2. The van der Waals surface area contributed by atoms with E-state index in [4.69, 9.17) is 0 Å². The molecule has 196 valence electrons. The van der Waals surface area contributed by atoms with Crippen molar-refractivity contribution in [3.63, 3.8) is 0 Å². The summed E-state index contributed by atoms with van der Waals surface area (Å²) in [5.41, 5.74) is 3.49. The number of hydrogen-bond acceptors (Lipinski definition) is 5. The number of rotatable bonds is 7. The smallest absolute Gasteiger partial charge is 0.294 e. The molecule has 0 spiro atoms. The number of anilines is 2. The van der Waals surface area contributed by atoms with Crippen LogP contribution in [-0.2, 0) is 20.9 Å². The average Bonchev–Trinajstić information content (AvgIpc) is 3.38. The van der Waals surface area contributed by atoms with Crippen LogP contribution >= 0.6 is 11.8 Å². The highest BCUT2D eigenvalue weighted by Gasteiger charge is 2.36. The van der Waals surface area contributed by atoms with Crippen molar-refractivity contribution in [3.05, 3.63) is 101 Å². The van der Waals surface area contributed by atoms with Gasteiger partial charge in [-0.2, -0.15) is 0 Å². The van der Waals surface area contributed by atoms with Crippen LogP contribution in [0.3, 0.4) is 0 Å². The largest absolute Gasteiger partial charge is 0.337 e. The highest BCUT2D eigenvalue weighted by atomic mass is 32.2. The van der Waals surface area contributed by atoms with E-state index in [9.17, 15) is 23.6 Å². The molecule has 5 rings (SSSR count). The van der Waals surface area contributed by atoms with E-state index in [-0.39, 0.29) is 17.4 Å². The minimum absolute atomic E-state index is 0.0214. The van der Waals surface area contributed by atoms with Crippen LogP contribution in [0.4, 0.5) is 20.6 Å². The Bertz CT molecular complexity index is 1630. The molecule has 2 N–H and O–H groups in total. The lowest BCUT2D eigenvalue weighted by Gasteiger charge is -2.12. The Balaban J connectivity index is 1.32. The summed E-state index contributed by atoms with van der Waals surface area (Å²) in [6.45, 7) is 1.51. The van der Waals surface area contributed by atoms with Crippen LogP contribution in [0.25, 0.3) is 17.0 Å². The quantitative estimate of drug-likeness (QED) is 0.305. The van der Waals surface area contributed by atoms with Gasteiger partial charge in [-0.15, -0.1) is 0 Å². The maximum atomic E-state index is 13.2. The van der Waals surface area contributed by atoms with Crippen molar-refractivity contribution < 1.29 is 23.6 Å². The number of fused-ring (bicyclic) bond motifs is 1. The molecule has 0 saturated carbocycles. The SMILES string of the molecule is Cc1ccc(NC(=O)CN2C(=O)SC(=Cc3cn(CC(=O)Nc4ccc(F)cc4)c4ccccc34)C2=O)cc1. The summed E-state index contributed by atoms with van der Waals surface area (Å²) < 4.78 is 14.9. The summed E-state index contributed by atoms with van der Waals surface area (Å²) in [5, 5.41) is 5.68. The fraction of sp³-hybridized carbons (Fsp3) is 0.103. The number of aryl methyl sites for hydroxylation is 1. The van der Waals surface area contributed by atoms with Gasteiger partial charge in [0.25, 0.3) is 11.1 Å². The van der Waals surface area contributed by atoms with Crippen molar-refractivity contribution in [2.24, 2.45) is 0 Å². The molecule has 10 heteroatoms. The zero-order valence-electron chi connectivity index (χ0n) is 20.8. The Morgan fingerprint density at radius 3 is 2.18 bits per heavy atom. The number of nitrogens with one attached hydrogen (secondary N) is 2. The van der Waals surface area contributed by atoms with Crippen LogP contribution in [0, 0.1) is 12.7 Å². The van der Waals surface area contributed by atoms with Crippen molar-refractivity contribution in [3.8, 4) is 0 Å². The van der Waals surface area contributed by atoms with Gasteiger partial charge in [0.15, 0.2) is 0 Å². The van der Waals surface area contributed by atoms with Gasteiger partial charge in [0.05, 0.1) is 4.91 Å². The second-order valence-electron chi connectivity index (χ2n) is 8.97. The van der Waals surface area contributed by atoms with Gasteiger partial charge < -0.3 is 15.2 Å². The highest BCUT2D eigenvalue weighted by molar-refractivity contribution is 8.18. The van der Waals surface area contributed by atoms with Gasteiger partial charge in [-0.05, 0) is 67.2 Å². The molecule has 1 aliphatic rings. The summed E-state index contributed by atoms with van der Waals surface area (Å²) >= 11 is 0.761. The van der Waals surface area contributed by atoms with E-state index in [0.29, 0.717) is 16.9 Å². The molecule has 1 aromatic heterocycles. The molecule has 0 atom stereocenters. The molecule has 1 saturated heterocycles. The molecule has 2 heterocycles. The number of hydrogen-bond donors (Lipinski definition) is 2. The molecule has 4 aromatic rings. The van der Waals surface area contributed by atoms with Crippen molar-refractivity contribution in [2.75, 3.05) is 17.2 Å². The minimum atomic E-state index is -0.560. The Hall–Kier alpha value is -4.70. The number of carbonyl (C=O) groups is 4. The third-order valence-corrected chi connectivity index (χ3v) is 6.97. The predicted molar refractivity (Wildman–Crippen MR) is 149 cm³/mol. The Morgan fingerprint density at radius 1 is 0.872 bits per heavy atom. The number of imide groups is 1. The first-order chi connectivity index (χ1) is 18.8. The second-order valence-corrected chi connectivity index (χ2v) is 9.96. The molecule has 0 aliphatic carbocycles. The van der Waals surface area contributed by atoms with Gasteiger partial charge in [0.1, 0.15) is 18.9 Å². The Labute approximate surface area is 227 Å². The fourth-order valence-corrected chi connectivity index (χ4v) is 5.00. The maximum Gasteiger partial charge on any atom is 0.294 e. The molecular formula is C29H23FN4O4S.